The van der Waals surface area contributed by atoms with Crippen molar-refractivity contribution in [1.82, 2.24) is 10.3 Å². The van der Waals surface area contributed by atoms with E-state index in [1.165, 1.54) is 53.4 Å². The van der Waals surface area contributed by atoms with Crippen molar-refractivity contribution in [3.05, 3.63) is 77.0 Å². The average Bonchev–Trinajstić information content (AvgIpc) is 3.11. The van der Waals surface area contributed by atoms with Crippen LogP contribution in [-0.2, 0) is 24.2 Å². The molecule has 1 heterocycles. The van der Waals surface area contributed by atoms with Crippen LogP contribution in [0.5, 0.6) is 0 Å². The zero-order valence-corrected chi connectivity index (χ0v) is 16.0. The van der Waals surface area contributed by atoms with Crippen molar-refractivity contribution in [2.45, 2.75) is 38.7 Å². The molecule has 1 aliphatic rings. The second-order valence-electron chi connectivity index (χ2n) is 7.27. The van der Waals surface area contributed by atoms with Crippen molar-refractivity contribution >= 4 is 23.1 Å². The van der Waals surface area contributed by atoms with Crippen molar-refractivity contribution in [3.63, 3.8) is 0 Å². The van der Waals surface area contributed by atoms with Gasteiger partial charge >= 0.3 is 6.09 Å². The Kier molecular flexibility index (Phi) is 5.76. The lowest BCUT2D eigenvalue weighted by molar-refractivity contribution is 0.140. The van der Waals surface area contributed by atoms with Crippen molar-refractivity contribution in [2.24, 2.45) is 0 Å². The summed E-state index contributed by atoms with van der Waals surface area (Å²) in [5.74, 6) is 0. The molecule has 4 nitrogen and oxygen atoms in total. The van der Waals surface area contributed by atoms with Gasteiger partial charge in [0.2, 0.25) is 0 Å². The second kappa shape index (κ2) is 8.79. The number of aromatic amines is 1. The molecule has 4 rings (SSSR count). The molecule has 0 fully saturated rings. The maximum Gasteiger partial charge on any atom is 0.407 e. The summed E-state index contributed by atoms with van der Waals surface area (Å²) in [6.07, 6.45) is 9.52. The Morgan fingerprint density at radius 2 is 1.96 bits per heavy atom. The fraction of sp³-hybridized carbons (Fsp3) is 0.292. The van der Waals surface area contributed by atoms with Gasteiger partial charge in [0.25, 0.3) is 0 Å². The molecule has 28 heavy (non-hydrogen) atoms. The third-order valence-corrected chi connectivity index (χ3v) is 5.23. The zero-order chi connectivity index (χ0) is 19.2. The van der Waals surface area contributed by atoms with E-state index in [1.54, 1.807) is 0 Å². The van der Waals surface area contributed by atoms with Crippen LogP contribution >= 0.6 is 0 Å². The number of carbonyl (C=O) groups excluding carboxylic acids is 1. The molecule has 2 aromatic carbocycles. The first-order valence-electron chi connectivity index (χ1n) is 10.0. The molecule has 4 heteroatoms. The Morgan fingerprint density at radius 3 is 2.86 bits per heavy atom. The van der Waals surface area contributed by atoms with Crippen molar-refractivity contribution in [3.8, 4) is 0 Å². The van der Waals surface area contributed by atoms with Gasteiger partial charge in [-0.3, -0.25) is 0 Å². The van der Waals surface area contributed by atoms with E-state index in [2.05, 4.69) is 40.7 Å². The van der Waals surface area contributed by atoms with E-state index in [1.807, 2.05) is 30.3 Å². The smallest absolute Gasteiger partial charge is 0.407 e. The van der Waals surface area contributed by atoms with Gasteiger partial charge in [0.1, 0.15) is 6.61 Å². The quantitative estimate of drug-likeness (QED) is 0.570. The van der Waals surface area contributed by atoms with E-state index in [-0.39, 0.29) is 6.09 Å². The topological polar surface area (TPSA) is 54.1 Å². The van der Waals surface area contributed by atoms with Gasteiger partial charge in [0.15, 0.2) is 0 Å². The Morgan fingerprint density at radius 1 is 1.11 bits per heavy atom. The number of hydrogen-bond donors (Lipinski definition) is 2. The Bertz CT molecular complexity index is 973. The van der Waals surface area contributed by atoms with Gasteiger partial charge in [0, 0.05) is 23.1 Å². The fourth-order valence-corrected chi connectivity index (χ4v) is 3.78. The predicted molar refractivity (Wildman–Crippen MR) is 113 cm³/mol. The number of ether oxygens (including phenoxy) is 1. The van der Waals surface area contributed by atoms with Crippen LogP contribution in [0.4, 0.5) is 4.79 Å². The highest BCUT2D eigenvalue weighted by Gasteiger charge is 2.14. The molecule has 3 aromatic rings. The number of nitrogens with one attached hydrogen (secondary N) is 2. The number of rotatable bonds is 6. The molecule has 1 aromatic heterocycles. The predicted octanol–water partition coefficient (Wildman–Crippen LogP) is 5.38. The highest BCUT2D eigenvalue weighted by atomic mass is 16.5. The van der Waals surface area contributed by atoms with E-state index in [0.29, 0.717) is 13.2 Å². The van der Waals surface area contributed by atoms with Gasteiger partial charge in [-0.05, 0) is 60.9 Å². The van der Waals surface area contributed by atoms with Crippen LogP contribution in [0.15, 0.2) is 54.6 Å². The van der Waals surface area contributed by atoms with Crippen LogP contribution in [-0.4, -0.2) is 17.6 Å². The van der Waals surface area contributed by atoms with Gasteiger partial charge in [-0.1, -0.05) is 48.6 Å². The van der Waals surface area contributed by atoms with Crippen molar-refractivity contribution in [2.75, 3.05) is 6.54 Å². The minimum absolute atomic E-state index is 0.295. The molecule has 1 aliphatic carbocycles. The fourth-order valence-electron chi connectivity index (χ4n) is 3.78. The highest BCUT2D eigenvalue weighted by Crippen LogP contribution is 2.29. The normalized spacial score (nSPS) is 13.6. The molecule has 0 unspecified atom stereocenters. The largest absolute Gasteiger partial charge is 0.445 e. The van der Waals surface area contributed by atoms with E-state index in [9.17, 15) is 4.79 Å². The standard InChI is InChI=1S/C24H26N2O2/c27-24(28-17-19-9-2-1-3-10-19)25-15-7-6-8-18-13-14-23-21(16-18)20-11-4-5-12-22(20)26-23/h1-3,6,8-10,13-14,16,26H,4-5,7,11-12,15,17H2,(H,25,27). The SMILES string of the molecule is O=C(NCCC=Cc1ccc2[nH]c3c(c2c1)CCCC3)OCc1ccccc1. The molecule has 2 N–H and O–H groups in total. The summed E-state index contributed by atoms with van der Waals surface area (Å²) in [5, 5.41) is 4.15. The Labute approximate surface area is 165 Å². The maximum atomic E-state index is 11.7. The maximum absolute atomic E-state index is 11.7. The minimum atomic E-state index is -0.377. The van der Waals surface area contributed by atoms with E-state index in [0.717, 1.165) is 12.0 Å². The van der Waals surface area contributed by atoms with Crippen LogP contribution in [0.3, 0.4) is 0 Å². The molecule has 0 saturated carbocycles. The first kappa shape index (κ1) is 18.4. The van der Waals surface area contributed by atoms with Gasteiger partial charge in [-0.25, -0.2) is 4.79 Å². The molecular weight excluding hydrogens is 348 g/mol. The highest BCUT2D eigenvalue weighted by molar-refractivity contribution is 5.87. The number of alkyl carbamates (subject to hydrolysis) is 1. The van der Waals surface area contributed by atoms with Crippen molar-refractivity contribution in [1.29, 1.82) is 0 Å². The second-order valence-corrected chi connectivity index (χ2v) is 7.27. The van der Waals surface area contributed by atoms with E-state index >= 15 is 0 Å². The first-order chi connectivity index (χ1) is 13.8. The summed E-state index contributed by atoms with van der Waals surface area (Å²) >= 11 is 0. The molecule has 0 radical (unpaired) electrons. The molecule has 144 valence electrons. The summed E-state index contributed by atoms with van der Waals surface area (Å²) in [6, 6.07) is 16.3. The summed E-state index contributed by atoms with van der Waals surface area (Å²) < 4.78 is 5.21. The van der Waals surface area contributed by atoms with Crippen LogP contribution < -0.4 is 5.32 Å². The molecule has 0 bridgehead atoms. The molecule has 0 aliphatic heterocycles. The van der Waals surface area contributed by atoms with Gasteiger partial charge in [-0.15, -0.1) is 0 Å². The number of hydrogen-bond acceptors (Lipinski definition) is 2. The lowest BCUT2D eigenvalue weighted by Crippen LogP contribution is -2.24. The van der Waals surface area contributed by atoms with Gasteiger partial charge in [0.05, 0.1) is 0 Å². The summed E-state index contributed by atoms with van der Waals surface area (Å²) in [6.45, 7) is 0.857. The molecule has 0 atom stereocenters. The Balaban J connectivity index is 1.25. The zero-order valence-electron chi connectivity index (χ0n) is 16.0. The lowest BCUT2D eigenvalue weighted by Gasteiger charge is -2.10. The van der Waals surface area contributed by atoms with Gasteiger partial charge < -0.3 is 15.0 Å². The van der Waals surface area contributed by atoms with Crippen LogP contribution in [0.2, 0.25) is 0 Å². The minimum Gasteiger partial charge on any atom is -0.445 e. The van der Waals surface area contributed by atoms with Crippen LogP contribution in [0.1, 0.15) is 41.6 Å². The number of carbonyl (C=O) groups is 1. The lowest BCUT2D eigenvalue weighted by atomic mass is 9.95. The Hall–Kier alpha value is -3.01. The number of aryl methyl sites for hydroxylation is 2. The molecule has 1 amide bonds. The van der Waals surface area contributed by atoms with Crippen molar-refractivity contribution < 1.29 is 9.53 Å². The molecule has 0 saturated heterocycles. The van der Waals surface area contributed by atoms with Crippen LogP contribution in [0, 0.1) is 0 Å². The van der Waals surface area contributed by atoms with E-state index in [4.69, 9.17) is 4.74 Å². The summed E-state index contributed by atoms with van der Waals surface area (Å²) in [4.78, 5) is 15.3. The van der Waals surface area contributed by atoms with Crippen LogP contribution in [0.25, 0.3) is 17.0 Å². The first-order valence-corrected chi connectivity index (χ1v) is 10.0. The monoisotopic (exact) mass is 374 g/mol. The summed E-state index contributed by atoms with van der Waals surface area (Å²) in [5.41, 5.74) is 6.35. The third-order valence-electron chi connectivity index (χ3n) is 5.23. The number of benzene rings is 2. The third kappa shape index (κ3) is 4.45. The number of aromatic nitrogens is 1. The van der Waals surface area contributed by atoms with E-state index < -0.39 is 0 Å². The molecular formula is C24H26N2O2. The summed E-state index contributed by atoms with van der Waals surface area (Å²) in [7, 11) is 0. The molecule has 0 spiro atoms. The average molecular weight is 374 g/mol. The number of amides is 1. The number of fused-ring (bicyclic) bond motifs is 3. The number of H-pyrrole nitrogens is 1. The van der Waals surface area contributed by atoms with Gasteiger partial charge in [-0.2, -0.15) is 0 Å².